The second-order valence-corrected chi connectivity index (χ2v) is 5.82. The second kappa shape index (κ2) is 10.1. The van der Waals surface area contributed by atoms with E-state index in [1.54, 1.807) is 0 Å². The zero-order valence-electron chi connectivity index (χ0n) is 13.3. The lowest BCUT2D eigenvalue weighted by Crippen LogP contribution is -2.24. The molecule has 0 aromatic heterocycles. The van der Waals surface area contributed by atoms with Gasteiger partial charge in [-0.3, -0.25) is 4.90 Å². The topological polar surface area (TPSA) is 23.5 Å². The summed E-state index contributed by atoms with van der Waals surface area (Å²) in [4.78, 5) is 2.52. The Balaban J connectivity index is 1.88. The Hall–Kier alpha value is -1.64. The van der Waals surface area contributed by atoms with Crippen LogP contribution in [0.15, 0.2) is 60.7 Å². The Labute approximate surface area is 134 Å². The van der Waals surface area contributed by atoms with Crippen LogP contribution in [-0.4, -0.2) is 23.2 Å². The molecule has 2 aromatic carbocycles. The first-order valence-corrected chi connectivity index (χ1v) is 8.29. The van der Waals surface area contributed by atoms with Gasteiger partial charge in [-0.05, 0) is 30.5 Å². The van der Waals surface area contributed by atoms with Gasteiger partial charge in [-0.1, -0.05) is 73.5 Å². The van der Waals surface area contributed by atoms with E-state index in [9.17, 15) is 0 Å². The summed E-state index contributed by atoms with van der Waals surface area (Å²) in [5.74, 6) is 0. The van der Waals surface area contributed by atoms with E-state index in [2.05, 4.69) is 65.6 Å². The molecule has 0 aliphatic carbocycles. The Morgan fingerprint density at radius 2 is 1.14 bits per heavy atom. The first-order valence-electron chi connectivity index (χ1n) is 8.29. The smallest absolute Gasteiger partial charge is 0.0431 e. The molecule has 22 heavy (non-hydrogen) atoms. The number of aliphatic hydroxyl groups is 1. The number of nitrogens with zero attached hydrogens (tertiary/aromatic N) is 1. The van der Waals surface area contributed by atoms with Crippen molar-refractivity contribution in [1.29, 1.82) is 0 Å². The lowest BCUT2D eigenvalue weighted by Gasteiger charge is -2.22. The summed E-state index contributed by atoms with van der Waals surface area (Å²) in [7, 11) is 0. The van der Waals surface area contributed by atoms with Crippen LogP contribution in [0.3, 0.4) is 0 Å². The Morgan fingerprint density at radius 3 is 1.64 bits per heavy atom. The van der Waals surface area contributed by atoms with Gasteiger partial charge in [-0.2, -0.15) is 0 Å². The van der Waals surface area contributed by atoms with Gasteiger partial charge in [0.15, 0.2) is 0 Å². The normalized spacial score (nSPS) is 11.0. The number of benzene rings is 2. The molecule has 0 aliphatic heterocycles. The molecule has 0 aliphatic rings. The molecule has 0 unspecified atom stereocenters. The van der Waals surface area contributed by atoms with Gasteiger partial charge in [0.2, 0.25) is 0 Å². The molecule has 0 fully saturated rings. The van der Waals surface area contributed by atoms with Crippen LogP contribution in [-0.2, 0) is 13.1 Å². The summed E-state index contributed by atoms with van der Waals surface area (Å²) in [6, 6.07) is 21.4. The average Bonchev–Trinajstić information content (AvgIpc) is 2.56. The van der Waals surface area contributed by atoms with E-state index in [1.165, 1.54) is 24.0 Å². The van der Waals surface area contributed by atoms with Crippen LogP contribution in [0.5, 0.6) is 0 Å². The van der Waals surface area contributed by atoms with Crippen LogP contribution < -0.4 is 0 Å². The van der Waals surface area contributed by atoms with Gasteiger partial charge in [0.25, 0.3) is 0 Å². The first-order chi connectivity index (χ1) is 10.9. The van der Waals surface area contributed by atoms with Crippen molar-refractivity contribution < 1.29 is 5.11 Å². The highest BCUT2D eigenvalue weighted by Gasteiger charge is 2.07. The second-order valence-electron chi connectivity index (χ2n) is 5.82. The van der Waals surface area contributed by atoms with Crippen molar-refractivity contribution in [1.82, 2.24) is 4.90 Å². The minimum absolute atomic E-state index is 0.317. The maximum absolute atomic E-state index is 8.85. The molecule has 0 saturated carbocycles. The van der Waals surface area contributed by atoms with Gasteiger partial charge in [0.1, 0.15) is 0 Å². The third-order valence-electron chi connectivity index (χ3n) is 3.88. The quantitative estimate of drug-likeness (QED) is 0.663. The Morgan fingerprint density at radius 1 is 0.636 bits per heavy atom. The van der Waals surface area contributed by atoms with E-state index in [1.807, 2.05) is 0 Å². The minimum atomic E-state index is 0.317. The van der Waals surface area contributed by atoms with E-state index in [0.717, 1.165) is 32.5 Å². The third-order valence-corrected chi connectivity index (χ3v) is 3.88. The van der Waals surface area contributed by atoms with Gasteiger partial charge < -0.3 is 5.11 Å². The van der Waals surface area contributed by atoms with Gasteiger partial charge in [0.05, 0.1) is 0 Å². The van der Waals surface area contributed by atoms with Crippen molar-refractivity contribution >= 4 is 0 Å². The number of hydrogen-bond donors (Lipinski definition) is 1. The van der Waals surface area contributed by atoms with Crippen LogP contribution in [0, 0.1) is 0 Å². The molecule has 0 spiro atoms. The van der Waals surface area contributed by atoms with E-state index in [-0.39, 0.29) is 0 Å². The first kappa shape index (κ1) is 16.7. The highest BCUT2D eigenvalue weighted by Crippen LogP contribution is 2.12. The maximum atomic E-state index is 8.85. The molecule has 118 valence electrons. The molecule has 0 amide bonds. The summed E-state index contributed by atoms with van der Waals surface area (Å²) in [6.07, 6.45) is 4.44. The molecule has 2 heteroatoms. The molecular formula is C20H27NO. The van der Waals surface area contributed by atoms with Crippen LogP contribution >= 0.6 is 0 Å². The lowest BCUT2D eigenvalue weighted by atomic mass is 10.1. The number of aliphatic hydroxyl groups excluding tert-OH is 1. The fraction of sp³-hybridized carbons (Fsp3) is 0.400. The molecule has 0 saturated heterocycles. The van der Waals surface area contributed by atoms with Gasteiger partial charge in [-0.25, -0.2) is 0 Å². The van der Waals surface area contributed by atoms with E-state index < -0.39 is 0 Å². The summed E-state index contributed by atoms with van der Waals surface area (Å²) in [5.41, 5.74) is 2.74. The Kier molecular flexibility index (Phi) is 7.71. The standard InChI is InChI=1S/C20H27NO/c22-16-10-2-1-9-15-21(17-19-11-5-3-6-12-19)18-20-13-7-4-8-14-20/h3-8,11-14,22H,1-2,9-10,15-18H2. The van der Waals surface area contributed by atoms with Gasteiger partial charge in [0, 0.05) is 19.7 Å². The Bertz CT molecular complexity index is 456. The summed E-state index contributed by atoms with van der Waals surface area (Å²) < 4.78 is 0. The zero-order valence-corrected chi connectivity index (χ0v) is 13.3. The van der Waals surface area contributed by atoms with Crippen LogP contribution in [0.1, 0.15) is 36.8 Å². The number of rotatable bonds is 10. The van der Waals surface area contributed by atoms with Crippen molar-refractivity contribution in [2.24, 2.45) is 0 Å². The van der Waals surface area contributed by atoms with Crippen molar-refractivity contribution in [3.05, 3.63) is 71.8 Å². The summed E-state index contributed by atoms with van der Waals surface area (Å²) >= 11 is 0. The largest absolute Gasteiger partial charge is 0.396 e. The van der Waals surface area contributed by atoms with Crippen LogP contribution in [0.25, 0.3) is 0 Å². The molecule has 0 heterocycles. The van der Waals surface area contributed by atoms with Crippen molar-refractivity contribution in [2.75, 3.05) is 13.2 Å². The van der Waals surface area contributed by atoms with Crippen LogP contribution in [0.2, 0.25) is 0 Å². The molecule has 2 nitrogen and oxygen atoms in total. The monoisotopic (exact) mass is 297 g/mol. The molecule has 1 N–H and O–H groups in total. The maximum Gasteiger partial charge on any atom is 0.0431 e. The average molecular weight is 297 g/mol. The predicted molar refractivity (Wildman–Crippen MR) is 92.6 cm³/mol. The molecule has 0 atom stereocenters. The fourth-order valence-corrected chi connectivity index (χ4v) is 2.70. The fourth-order valence-electron chi connectivity index (χ4n) is 2.70. The van der Waals surface area contributed by atoms with E-state index in [0.29, 0.717) is 6.61 Å². The van der Waals surface area contributed by atoms with Crippen molar-refractivity contribution in [3.8, 4) is 0 Å². The molecule has 2 rings (SSSR count). The lowest BCUT2D eigenvalue weighted by molar-refractivity contribution is 0.245. The minimum Gasteiger partial charge on any atom is -0.396 e. The van der Waals surface area contributed by atoms with Crippen molar-refractivity contribution in [2.45, 2.75) is 38.8 Å². The summed E-state index contributed by atoms with van der Waals surface area (Å²) in [6.45, 7) is 3.42. The van der Waals surface area contributed by atoms with Gasteiger partial charge in [-0.15, -0.1) is 0 Å². The van der Waals surface area contributed by atoms with E-state index >= 15 is 0 Å². The molecule has 0 radical (unpaired) electrons. The van der Waals surface area contributed by atoms with Crippen LogP contribution in [0.4, 0.5) is 0 Å². The summed E-state index contributed by atoms with van der Waals surface area (Å²) in [5, 5.41) is 8.85. The van der Waals surface area contributed by atoms with Gasteiger partial charge >= 0.3 is 0 Å². The van der Waals surface area contributed by atoms with Crippen molar-refractivity contribution in [3.63, 3.8) is 0 Å². The molecule has 0 bridgehead atoms. The SMILES string of the molecule is OCCCCCCN(Cc1ccccc1)Cc1ccccc1. The predicted octanol–water partition coefficient (Wildman–Crippen LogP) is 4.24. The zero-order chi connectivity index (χ0) is 15.5. The number of unbranched alkanes of at least 4 members (excludes halogenated alkanes) is 3. The number of hydrogen-bond acceptors (Lipinski definition) is 2. The highest BCUT2D eigenvalue weighted by molar-refractivity contribution is 5.17. The molecular weight excluding hydrogens is 270 g/mol. The third kappa shape index (κ3) is 6.42. The van der Waals surface area contributed by atoms with E-state index in [4.69, 9.17) is 5.11 Å². The molecule has 2 aromatic rings. The highest BCUT2D eigenvalue weighted by atomic mass is 16.2.